The second kappa shape index (κ2) is 10.2. The molecule has 2 heterocycles. The lowest BCUT2D eigenvalue weighted by molar-refractivity contribution is -0.779. The van der Waals surface area contributed by atoms with Crippen molar-refractivity contribution in [2.45, 2.75) is 19.9 Å². The molecule has 0 atom stereocenters. The number of nitrogens with zero attached hydrogens (tertiary/aromatic N) is 5. The van der Waals surface area contributed by atoms with E-state index in [1.165, 1.54) is 4.90 Å². The van der Waals surface area contributed by atoms with Gasteiger partial charge in [-0.2, -0.15) is 0 Å². The van der Waals surface area contributed by atoms with E-state index in [1.54, 1.807) is 17.0 Å². The standard InChI is InChI=1S/C27H23N5O3S/c1-18(2)31-16-25(35-30-31)29-24(33)17-36-27-28-23(26(34)32(27)21-12-4-3-5-13-21)15-20-11-8-10-19-9-6-7-14-22(19)20/h3-16,18H,17H2,1-2H3/b23-15+. The van der Waals surface area contributed by atoms with Crippen LogP contribution in [0.15, 0.2) is 99.2 Å². The van der Waals surface area contributed by atoms with Gasteiger partial charge in [0.2, 0.25) is 5.27 Å². The SMILES string of the molecule is CC(C)[n+]1cc(/N=C(/[O-])CSC2=N/C(=C/c3cccc4ccccc34)C(=O)N2c2ccccc2)on1. The van der Waals surface area contributed by atoms with Crippen LogP contribution in [0.5, 0.6) is 0 Å². The first-order chi connectivity index (χ1) is 17.5. The minimum Gasteiger partial charge on any atom is -0.861 e. The van der Waals surface area contributed by atoms with Gasteiger partial charge in [0.25, 0.3) is 12.1 Å². The molecule has 0 saturated carbocycles. The predicted molar refractivity (Wildman–Crippen MR) is 140 cm³/mol. The zero-order valence-corrected chi connectivity index (χ0v) is 20.6. The summed E-state index contributed by atoms with van der Waals surface area (Å²) in [6, 6.07) is 23.3. The molecule has 180 valence electrons. The van der Waals surface area contributed by atoms with Crippen molar-refractivity contribution in [1.29, 1.82) is 0 Å². The third kappa shape index (κ3) is 4.92. The molecule has 1 aliphatic rings. The van der Waals surface area contributed by atoms with Crippen molar-refractivity contribution < 1.29 is 19.1 Å². The molecule has 36 heavy (non-hydrogen) atoms. The van der Waals surface area contributed by atoms with Crippen molar-refractivity contribution in [2.75, 3.05) is 10.7 Å². The summed E-state index contributed by atoms with van der Waals surface area (Å²) in [5, 5.41) is 18.9. The van der Waals surface area contributed by atoms with Crippen molar-refractivity contribution in [2.24, 2.45) is 9.98 Å². The van der Waals surface area contributed by atoms with Crippen molar-refractivity contribution in [1.82, 2.24) is 5.27 Å². The van der Waals surface area contributed by atoms with Gasteiger partial charge in [-0.3, -0.25) is 14.2 Å². The molecule has 0 unspecified atom stereocenters. The number of carbonyl (C=O) groups is 1. The lowest BCUT2D eigenvalue weighted by Crippen LogP contribution is -2.36. The summed E-state index contributed by atoms with van der Waals surface area (Å²) >= 11 is 1.15. The van der Waals surface area contributed by atoms with Crippen LogP contribution in [0.4, 0.5) is 11.6 Å². The molecular formula is C27H23N5O3S. The largest absolute Gasteiger partial charge is 0.861 e. The predicted octanol–water partition coefficient (Wildman–Crippen LogP) is 4.26. The Balaban J connectivity index is 1.44. The number of carbonyl (C=O) groups excluding carboxylic acids is 1. The number of amides is 1. The highest BCUT2D eigenvalue weighted by atomic mass is 32.2. The fourth-order valence-corrected chi connectivity index (χ4v) is 4.54. The second-order valence-corrected chi connectivity index (χ2v) is 9.32. The topological polar surface area (TPSA) is 98.0 Å². The first-order valence-electron chi connectivity index (χ1n) is 11.4. The van der Waals surface area contributed by atoms with Crippen LogP contribution < -0.4 is 14.7 Å². The highest BCUT2D eigenvalue weighted by molar-refractivity contribution is 8.14. The third-order valence-electron chi connectivity index (χ3n) is 5.52. The second-order valence-electron chi connectivity index (χ2n) is 8.38. The highest BCUT2D eigenvalue weighted by Gasteiger charge is 2.32. The molecule has 1 amide bonds. The molecule has 0 aliphatic carbocycles. The first kappa shape index (κ1) is 23.5. The van der Waals surface area contributed by atoms with Gasteiger partial charge in [0.15, 0.2) is 11.2 Å². The van der Waals surface area contributed by atoms with Crippen molar-refractivity contribution in [3.63, 3.8) is 0 Å². The molecular weight excluding hydrogens is 474 g/mol. The third-order valence-corrected chi connectivity index (χ3v) is 6.44. The quantitative estimate of drug-likeness (QED) is 0.172. The number of fused-ring (bicyclic) bond motifs is 1. The summed E-state index contributed by atoms with van der Waals surface area (Å²) in [4.78, 5) is 23.6. The number of aromatic nitrogens is 2. The Labute approximate surface area is 212 Å². The van der Waals surface area contributed by atoms with Crippen LogP contribution >= 0.6 is 11.8 Å². The van der Waals surface area contributed by atoms with Gasteiger partial charge in [0.1, 0.15) is 5.70 Å². The molecule has 1 aromatic heterocycles. The van der Waals surface area contributed by atoms with Gasteiger partial charge >= 0.3 is 5.88 Å². The molecule has 9 heteroatoms. The van der Waals surface area contributed by atoms with Crippen LogP contribution in [0.3, 0.4) is 0 Å². The Bertz CT molecular complexity index is 1500. The molecule has 3 aromatic carbocycles. The van der Waals surface area contributed by atoms with Gasteiger partial charge in [-0.25, -0.2) is 9.98 Å². The van der Waals surface area contributed by atoms with Crippen LogP contribution in [0, 0.1) is 0 Å². The van der Waals surface area contributed by atoms with Gasteiger partial charge < -0.3 is 5.11 Å². The normalized spacial score (nSPS) is 15.4. The Kier molecular flexibility index (Phi) is 6.64. The molecule has 0 spiro atoms. The van der Waals surface area contributed by atoms with Crippen LogP contribution in [-0.4, -0.2) is 28.0 Å². The van der Waals surface area contributed by atoms with Crippen LogP contribution in [0.25, 0.3) is 16.8 Å². The van der Waals surface area contributed by atoms with E-state index in [9.17, 15) is 9.90 Å². The maximum absolute atomic E-state index is 13.5. The van der Waals surface area contributed by atoms with E-state index < -0.39 is 5.90 Å². The summed E-state index contributed by atoms with van der Waals surface area (Å²) < 4.78 is 6.69. The lowest BCUT2D eigenvalue weighted by Gasteiger charge is -2.18. The van der Waals surface area contributed by atoms with Crippen molar-refractivity contribution in [3.05, 3.63) is 90.3 Å². The van der Waals surface area contributed by atoms with Gasteiger partial charge in [0.05, 0.1) is 5.69 Å². The van der Waals surface area contributed by atoms with E-state index in [4.69, 9.17) is 4.52 Å². The summed E-state index contributed by atoms with van der Waals surface area (Å²) in [5.74, 6) is -0.551. The number of hydrogen-bond acceptors (Lipinski definition) is 7. The fraction of sp³-hybridized carbons (Fsp3) is 0.148. The number of para-hydroxylation sites is 1. The Morgan fingerprint density at radius 3 is 2.64 bits per heavy atom. The molecule has 1 aliphatic heterocycles. The molecule has 8 nitrogen and oxygen atoms in total. The summed E-state index contributed by atoms with van der Waals surface area (Å²) in [5.41, 5.74) is 1.87. The molecule has 0 N–H and O–H groups in total. The van der Waals surface area contributed by atoms with E-state index in [0.29, 0.717) is 16.6 Å². The van der Waals surface area contributed by atoms with Gasteiger partial charge in [-0.15, -0.1) is 0 Å². The Morgan fingerprint density at radius 2 is 1.86 bits per heavy atom. The zero-order chi connectivity index (χ0) is 25.1. The maximum atomic E-state index is 13.5. The Hall–Kier alpha value is -4.24. The summed E-state index contributed by atoms with van der Waals surface area (Å²) in [6.07, 6.45) is 3.37. The average molecular weight is 498 g/mol. The number of hydrogen-bond donors (Lipinski definition) is 0. The molecule has 4 aromatic rings. The van der Waals surface area contributed by atoms with Gasteiger partial charge in [0, 0.05) is 5.75 Å². The van der Waals surface area contributed by atoms with E-state index in [2.05, 4.69) is 15.3 Å². The summed E-state index contributed by atoms with van der Waals surface area (Å²) in [6.45, 7) is 3.89. The fourth-order valence-electron chi connectivity index (χ4n) is 3.74. The van der Waals surface area contributed by atoms with E-state index in [1.807, 2.05) is 86.6 Å². The minimum atomic E-state index is -0.415. The monoisotopic (exact) mass is 497 g/mol. The number of anilines is 1. The number of benzene rings is 3. The highest BCUT2D eigenvalue weighted by Crippen LogP contribution is 2.30. The zero-order valence-electron chi connectivity index (χ0n) is 19.7. The number of amidine groups is 1. The smallest absolute Gasteiger partial charge is 0.320 e. The van der Waals surface area contributed by atoms with Crippen LogP contribution in [0.1, 0.15) is 25.5 Å². The number of aliphatic imine (C=N–C) groups is 2. The van der Waals surface area contributed by atoms with Gasteiger partial charge in [-0.1, -0.05) is 72.4 Å². The Morgan fingerprint density at radius 1 is 1.11 bits per heavy atom. The molecule has 0 saturated heterocycles. The first-order valence-corrected chi connectivity index (χ1v) is 12.4. The molecule has 0 bridgehead atoms. The number of rotatable bonds is 6. The molecule has 0 fully saturated rings. The molecule has 0 radical (unpaired) electrons. The van der Waals surface area contributed by atoms with Gasteiger partial charge in [-0.05, 0) is 59.0 Å². The van der Waals surface area contributed by atoms with Crippen molar-refractivity contribution in [3.8, 4) is 0 Å². The van der Waals surface area contributed by atoms with E-state index in [0.717, 1.165) is 28.1 Å². The summed E-state index contributed by atoms with van der Waals surface area (Å²) in [7, 11) is 0. The minimum absolute atomic E-state index is 0.0145. The van der Waals surface area contributed by atoms with Crippen LogP contribution in [0.2, 0.25) is 0 Å². The van der Waals surface area contributed by atoms with E-state index in [-0.39, 0.29) is 23.6 Å². The average Bonchev–Trinajstić information content (AvgIpc) is 3.48. The lowest BCUT2D eigenvalue weighted by atomic mass is 10.0. The number of thioether (sulfide) groups is 1. The molecule has 5 rings (SSSR count). The van der Waals surface area contributed by atoms with E-state index >= 15 is 0 Å². The van der Waals surface area contributed by atoms with Crippen molar-refractivity contribution >= 4 is 57.2 Å². The maximum Gasteiger partial charge on any atom is 0.320 e. The van der Waals surface area contributed by atoms with Crippen LogP contribution in [-0.2, 0) is 4.79 Å².